The van der Waals surface area contributed by atoms with Crippen molar-refractivity contribution in [1.82, 2.24) is 15.0 Å². The summed E-state index contributed by atoms with van der Waals surface area (Å²) in [7, 11) is 1.78. The monoisotopic (exact) mass is 263 g/mol. The summed E-state index contributed by atoms with van der Waals surface area (Å²) in [5.74, 6) is 0.636. The van der Waals surface area contributed by atoms with E-state index in [0.717, 1.165) is 19.4 Å². The standard InChI is InChI=1S/C13H17N3O3/c1-8(17)16-6-3-4-9(16)12-11-10(19-14-12)5-7-15(2)13(11)18/h9H,3-7H2,1-2H3/t9-/m1/s1. The first-order valence-corrected chi connectivity index (χ1v) is 6.60. The Bertz CT molecular complexity index is 537. The van der Waals surface area contributed by atoms with Crippen molar-refractivity contribution in [3.63, 3.8) is 0 Å². The quantitative estimate of drug-likeness (QED) is 0.757. The van der Waals surface area contributed by atoms with Crippen molar-refractivity contribution in [3.8, 4) is 0 Å². The second-order valence-corrected chi connectivity index (χ2v) is 5.21. The number of fused-ring (bicyclic) bond motifs is 1. The summed E-state index contributed by atoms with van der Waals surface area (Å²) in [5.41, 5.74) is 1.21. The lowest BCUT2D eigenvalue weighted by molar-refractivity contribution is -0.129. The lowest BCUT2D eigenvalue weighted by Gasteiger charge is -2.25. The van der Waals surface area contributed by atoms with Gasteiger partial charge in [-0.25, -0.2) is 0 Å². The van der Waals surface area contributed by atoms with Crippen LogP contribution in [0.4, 0.5) is 0 Å². The van der Waals surface area contributed by atoms with Gasteiger partial charge in [0, 0.05) is 33.5 Å². The lowest BCUT2D eigenvalue weighted by Crippen LogP contribution is -2.35. The Labute approximate surface area is 111 Å². The van der Waals surface area contributed by atoms with Gasteiger partial charge in [-0.2, -0.15) is 0 Å². The molecule has 1 aromatic heterocycles. The highest BCUT2D eigenvalue weighted by Crippen LogP contribution is 2.35. The zero-order valence-electron chi connectivity index (χ0n) is 11.2. The van der Waals surface area contributed by atoms with E-state index in [4.69, 9.17) is 4.52 Å². The van der Waals surface area contributed by atoms with Gasteiger partial charge in [-0.05, 0) is 12.8 Å². The molecule has 0 radical (unpaired) electrons. The normalized spacial score (nSPS) is 22.8. The molecule has 2 amide bonds. The maximum atomic E-state index is 12.3. The van der Waals surface area contributed by atoms with Crippen LogP contribution < -0.4 is 0 Å². The number of carbonyl (C=O) groups is 2. The molecular formula is C13H17N3O3. The summed E-state index contributed by atoms with van der Waals surface area (Å²) in [6.07, 6.45) is 2.48. The van der Waals surface area contributed by atoms with Crippen LogP contribution in [0.5, 0.6) is 0 Å². The maximum Gasteiger partial charge on any atom is 0.259 e. The minimum atomic E-state index is -0.111. The molecule has 2 aliphatic heterocycles. The number of nitrogens with zero attached hydrogens (tertiary/aromatic N) is 3. The van der Waals surface area contributed by atoms with E-state index < -0.39 is 0 Å². The molecule has 6 heteroatoms. The number of hydrogen-bond acceptors (Lipinski definition) is 4. The smallest absolute Gasteiger partial charge is 0.259 e. The van der Waals surface area contributed by atoms with Crippen molar-refractivity contribution in [2.24, 2.45) is 0 Å². The zero-order chi connectivity index (χ0) is 13.6. The SMILES string of the molecule is CC(=O)N1CCC[C@@H]1c1noc2c1C(=O)N(C)CC2. The zero-order valence-corrected chi connectivity index (χ0v) is 11.2. The molecule has 19 heavy (non-hydrogen) atoms. The predicted molar refractivity (Wildman–Crippen MR) is 66.5 cm³/mol. The van der Waals surface area contributed by atoms with Crippen molar-refractivity contribution < 1.29 is 14.1 Å². The number of rotatable bonds is 1. The molecule has 0 saturated carbocycles. The van der Waals surface area contributed by atoms with E-state index in [0.29, 0.717) is 30.0 Å². The summed E-state index contributed by atoms with van der Waals surface area (Å²) >= 11 is 0. The highest BCUT2D eigenvalue weighted by Gasteiger charge is 2.37. The Morgan fingerprint density at radius 2 is 2.21 bits per heavy atom. The highest BCUT2D eigenvalue weighted by atomic mass is 16.5. The second kappa shape index (κ2) is 4.36. The second-order valence-electron chi connectivity index (χ2n) is 5.21. The van der Waals surface area contributed by atoms with Crippen LogP contribution in [0.3, 0.4) is 0 Å². The number of likely N-dealkylation sites (N-methyl/N-ethyl adjacent to an activating group) is 1. The van der Waals surface area contributed by atoms with E-state index in [2.05, 4.69) is 5.16 Å². The van der Waals surface area contributed by atoms with E-state index >= 15 is 0 Å². The van der Waals surface area contributed by atoms with Crippen molar-refractivity contribution in [3.05, 3.63) is 17.0 Å². The van der Waals surface area contributed by atoms with Crippen LogP contribution in [-0.4, -0.2) is 46.9 Å². The van der Waals surface area contributed by atoms with Gasteiger partial charge in [-0.3, -0.25) is 9.59 Å². The predicted octanol–water partition coefficient (Wildman–Crippen LogP) is 0.986. The molecule has 3 heterocycles. The Morgan fingerprint density at radius 1 is 1.42 bits per heavy atom. The summed E-state index contributed by atoms with van der Waals surface area (Å²) in [6.45, 7) is 2.94. The molecule has 1 aromatic rings. The molecule has 3 rings (SSSR count). The molecule has 0 aliphatic carbocycles. The highest BCUT2D eigenvalue weighted by molar-refractivity contribution is 5.97. The van der Waals surface area contributed by atoms with Crippen LogP contribution in [0.2, 0.25) is 0 Å². The number of hydrogen-bond donors (Lipinski definition) is 0. The van der Waals surface area contributed by atoms with E-state index in [1.54, 1.807) is 23.8 Å². The van der Waals surface area contributed by atoms with E-state index in [1.165, 1.54) is 0 Å². The number of carbonyl (C=O) groups excluding carboxylic acids is 2. The third kappa shape index (κ3) is 1.82. The molecule has 0 aromatic carbocycles. The summed E-state index contributed by atoms with van der Waals surface area (Å²) < 4.78 is 5.31. The van der Waals surface area contributed by atoms with Crippen molar-refractivity contribution in [2.75, 3.05) is 20.1 Å². The molecule has 0 unspecified atom stereocenters. The molecule has 1 atom stereocenters. The molecule has 2 aliphatic rings. The average Bonchev–Trinajstić information content (AvgIpc) is 2.99. The molecule has 6 nitrogen and oxygen atoms in total. The molecule has 1 saturated heterocycles. The van der Waals surface area contributed by atoms with Gasteiger partial charge in [0.25, 0.3) is 5.91 Å². The first kappa shape index (κ1) is 12.2. The Kier molecular flexibility index (Phi) is 2.80. The minimum Gasteiger partial charge on any atom is -0.360 e. The molecule has 0 N–H and O–H groups in total. The van der Waals surface area contributed by atoms with Crippen LogP contribution in [-0.2, 0) is 11.2 Å². The Hall–Kier alpha value is -1.85. The molecule has 0 bridgehead atoms. The van der Waals surface area contributed by atoms with Crippen LogP contribution in [0.25, 0.3) is 0 Å². The molecule has 102 valence electrons. The van der Waals surface area contributed by atoms with Gasteiger partial charge in [-0.1, -0.05) is 5.16 Å². The topological polar surface area (TPSA) is 66.7 Å². The van der Waals surface area contributed by atoms with E-state index in [1.807, 2.05) is 0 Å². The van der Waals surface area contributed by atoms with Crippen molar-refractivity contribution in [1.29, 1.82) is 0 Å². The van der Waals surface area contributed by atoms with Gasteiger partial charge in [0.15, 0.2) is 5.76 Å². The van der Waals surface area contributed by atoms with Gasteiger partial charge >= 0.3 is 0 Å². The number of aromatic nitrogens is 1. The lowest BCUT2D eigenvalue weighted by atomic mass is 10.00. The third-order valence-corrected chi connectivity index (χ3v) is 4.00. The fraction of sp³-hybridized carbons (Fsp3) is 0.615. The summed E-state index contributed by atoms with van der Waals surface area (Å²) in [6, 6.07) is -0.111. The minimum absolute atomic E-state index is 0.0239. The van der Waals surface area contributed by atoms with Gasteiger partial charge in [0.1, 0.15) is 11.3 Å². The fourth-order valence-electron chi connectivity index (χ4n) is 2.95. The summed E-state index contributed by atoms with van der Waals surface area (Å²) in [4.78, 5) is 27.3. The van der Waals surface area contributed by atoms with Crippen molar-refractivity contribution in [2.45, 2.75) is 32.2 Å². The number of amides is 2. The fourth-order valence-corrected chi connectivity index (χ4v) is 2.95. The first-order chi connectivity index (χ1) is 9.09. The van der Waals surface area contributed by atoms with Crippen LogP contribution >= 0.6 is 0 Å². The summed E-state index contributed by atoms with van der Waals surface area (Å²) in [5, 5.41) is 4.08. The van der Waals surface area contributed by atoms with Crippen LogP contribution in [0.15, 0.2) is 4.52 Å². The Morgan fingerprint density at radius 3 is 2.95 bits per heavy atom. The first-order valence-electron chi connectivity index (χ1n) is 6.60. The van der Waals surface area contributed by atoms with Gasteiger partial charge < -0.3 is 14.3 Å². The average molecular weight is 263 g/mol. The molecule has 1 fully saturated rings. The molecular weight excluding hydrogens is 246 g/mol. The van der Waals surface area contributed by atoms with Crippen LogP contribution in [0.1, 0.15) is 47.6 Å². The van der Waals surface area contributed by atoms with E-state index in [9.17, 15) is 9.59 Å². The van der Waals surface area contributed by atoms with Gasteiger partial charge in [-0.15, -0.1) is 0 Å². The number of likely N-dealkylation sites (tertiary alicyclic amines) is 1. The van der Waals surface area contributed by atoms with E-state index in [-0.39, 0.29) is 17.9 Å². The van der Waals surface area contributed by atoms with Gasteiger partial charge in [0.2, 0.25) is 5.91 Å². The van der Waals surface area contributed by atoms with Gasteiger partial charge in [0.05, 0.1) is 6.04 Å². The van der Waals surface area contributed by atoms with Crippen LogP contribution in [0, 0.1) is 0 Å². The largest absolute Gasteiger partial charge is 0.360 e. The van der Waals surface area contributed by atoms with Crippen molar-refractivity contribution >= 4 is 11.8 Å². The molecule has 0 spiro atoms. The third-order valence-electron chi connectivity index (χ3n) is 4.00. The maximum absolute atomic E-state index is 12.3. The Balaban J connectivity index is 2.01.